The Morgan fingerprint density at radius 1 is 0.821 bits per heavy atom. The minimum absolute atomic E-state index is 0.133. The van der Waals surface area contributed by atoms with Gasteiger partial charge in [-0.1, -0.05) is 40.9 Å². The molecule has 0 unspecified atom stereocenters. The third-order valence-corrected chi connectivity index (χ3v) is 4.80. The van der Waals surface area contributed by atoms with Crippen LogP contribution in [0.2, 0.25) is 15.1 Å². The quantitative estimate of drug-likeness (QED) is 0.473. The van der Waals surface area contributed by atoms with Crippen LogP contribution in [-0.4, -0.2) is 18.3 Å². The second-order valence-electron chi connectivity index (χ2n) is 5.83. The zero-order valence-corrected chi connectivity index (χ0v) is 16.7. The molecular formula is C21H14Cl3NO3. The number of Topliss-reactive ketones (excluding diaryl/α,β-unsaturated/α-hetero) is 1. The van der Waals surface area contributed by atoms with E-state index >= 15 is 0 Å². The number of anilines is 1. The van der Waals surface area contributed by atoms with Crippen LogP contribution in [0.5, 0.6) is 5.75 Å². The van der Waals surface area contributed by atoms with Crippen molar-refractivity contribution >= 4 is 52.2 Å². The molecule has 0 saturated carbocycles. The van der Waals surface area contributed by atoms with Gasteiger partial charge in [-0.15, -0.1) is 0 Å². The fourth-order valence-corrected chi connectivity index (χ4v) is 2.80. The standard InChI is InChI=1S/C21H14Cl3NO3/c22-15-7-4-13(5-8-15)20(26)12-28-17-3-1-2-16(11-17)25-21(27)14-6-9-18(23)19(24)10-14/h1-11H,12H2,(H,25,27). The maximum atomic E-state index is 12.3. The molecule has 0 aliphatic carbocycles. The Morgan fingerprint density at radius 2 is 1.54 bits per heavy atom. The summed E-state index contributed by atoms with van der Waals surface area (Å²) in [5.41, 5.74) is 1.40. The third kappa shape index (κ3) is 5.26. The van der Waals surface area contributed by atoms with Crippen molar-refractivity contribution in [3.05, 3.63) is 92.9 Å². The van der Waals surface area contributed by atoms with Crippen LogP contribution in [-0.2, 0) is 0 Å². The number of nitrogens with one attached hydrogen (secondary N) is 1. The van der Waals surface area contributed by atoms with Crippen LogP contribution in [0.4, 0.5) is 5.69 Å². The van der Waals surface area contributed by atoms with Gasteiger partial charge in [0.1, 0.15) is 5.75 Å². The molecular weight excluding hydrogens is 421 g/mol. The monoisotopic (exact) mass is 433 g/mol. The van der Waals surface area contributed by atoms with Gasteiger partial charge in [-0.2, -0.15) is 0 Å². The zero-order valence-electron chi connectivity index (χ0n) is 14.4. The first-order valence-corrected chi connectivity index (χ1v) is 9.34. The SMILES string of the molecule is O=C(COc1cccc(NC(=O)c2ccc(Cl)c(Cl)c2)c1)c1ccc(Cl)cc1. The number of ether oxygens (including phenoxy) is 1. The summed E-state index contributed by atoms with van der Waals surface area (Å²) in [6, 6.07) is 18.0. The Hall–Kier alpha value is -2.53. The molecule has 0 fully saturated rings. The van der Waals surface area contributed by atoms with Gasteiger partial charge in [-0.05, 0) is 54.6 Å². The fraction of sp³-hybridized carbons (Fsp3) is 0.0476. The van der Waals surface area contributed by atoms with Crippen molar-refractivity contribution in [3.63, 3.8) is 0 Å². The van der Waals surface area contributed by atoms with Crippen molar-refractivity contribution in [2.24, 2.45) is 0 Å². The Bertz CT molecular complexity index is 1020. The summed E-state index contributed by atoms with van der Waals surface area (Å²) >= 11 is 17.6. The van der Waals surface area contributed by atoms with Crippen LogP contribution in [0.25, 0.3) is 0 Å². The van der Waals surface area contributed by atoms with Crippen molar-refractivity contribution in [1.29, 1.82) is 0 Å². The molecule has 0 radical (unpaired) electrons. The van der Waals surface area contributed by atoms with Gasteiger partial charge in [0, 0.05) is 27.9 Å². The maximum Gasteiger partial charge on any atom is 0.255 e. The summed E-state index contributed by atoms with van der Waals surface area (Å²) in [7, 11) is 0. The first-order valence-electron chi connectivity index (χ1n) is 8.20. The van der Waals surface area contributed by atoms with E-state index in [9.17, 15) is 9.59 Å². The number of rotatable bonds is 6. The van der Waals surface area contributed by atoms with Crippen molar-refractivity contribution in [2.75, 3.05) is 11.9 Å². The summed E-state index contributed by atoms with van der Waals surface area (Å²) in [5, 5.41) is 3.98. The van der Waals surface area contributed by atoms with Crippen molar-refractivity contribution in [3.8, 4) is 5.75 Å². The van der Waals surface area contributed by atoms with Crippen LogP contribution in [0.3, 0.4) is 0 Å². The molecule has 0 heterocycles. The van der Waals surface area contributed by atoms with E-state index in [1.54, 1.807) is 60.7 Å². The zero-order chi connectivity index (χ0) is 20.1. The lowest BCUT2D eigenvalue weighted by molar-refractivity contribution is 0.0920. The van der Waals surface area contributed by atoms with E-state index in [1.807, 2.05) is 0 Å². The highest BCUT2D eigenvalue weighted by Crippen LogP contribution is 2.24. The number of carbonyl (C=O) groups excluding carboxylic acids is 2. The van der Waals surface area contributed by atoms with E-state index in [0.29, 0.717) is 37.6 Å². The molecule has 0 saturated heterocycles. The number of hydrogen-bond donors (Lipinski definition) is 1. The molecule has 4 nitrogen and oxygen atoms in total. The summed E-state index contributed by atoms with van der Waals surface area (Å²) in [5.74, 6) is -0.0656. The van der Waals surface area contributed by atoms with Gasteiger partial charge in [0.25, 0.3) is 5.91 Å². The molecule has 3 aromatic carbocycles. The smallest absolute Gasteiger partial charge is 0.255 e. The topological polar surface area (TPSA) is 55.4 Å². The lowest BCUT2D eigenvalue weighted by atomic mass is 10.1. The molecule has 0 aromatic heterocycles. The normalized spacial score (nSPS) is 10.4. The van der Waals surface area contributed by atoms with E-state index in [0.717, 1.165) is 0 Å². The van der Waals surface area contributed by atoms with Gasteiger partial charge < -0.3 is 10.1 Å². The van der Waals surface area contributed by atoms with Crippen molar-refractivity contribution in [2.45, 2.75) is 0 Å². The number of carbonyl (C=O) groups is 2. The molecule has 0 bridgehead atoms. The Balaban J connectivity index is 1.63. The van der Waals surface area contributed by atoms with Crippen molar-refractivity contribution in [1.82, 2.24) is 0 Å². The molecule has 142 valence electrons. The van der Waals surface area contributed by atoms with Gasteiger partial charge in [0.2, 0.25) is 0 Å². The molecule has 0 atom stereocenters. The van der Waals surface area contributed by atoms with Crippen LogP contribution < -0.4 is 10.1 Å². The molecule has 0 aliphatic heterocycles. The lowest BCUT2D eigenvalue weighted by Crippen LogP contribution is -2.13. The molecule has 28 heavy (non-hydrogen) atoms. The second-order valence-corrected chi connectivity index (χ2v) is 7.08. The lowest BCUT2D eigenvalue weighted by Gasteiger charge is -2.09. The highest BCUT2D eigenvalue weighted by Gasteiger charge is 2.10. The predicted octanol–water partition coefficient (Wildman–Crippen LogP) is 6.16. The Morgan fingerprint density at radius 3 is 2.25 bits per heavy atom. The van der Waals surface area contributed by atoms with Gasteiger partial charge in [0.15, 0.2) is 12.4 Å². The van der Waals surface area contributed by atoms with Crippen LogP contribution in [0.1, 0.15) is 20.7 Å². The summed E-state index contributed by atoms with van der Waals surface area (Å²) in [6.07, 6.45) is 0. The van der Waals surface area contributed by atoms with Gasteiger partial charge in [-0.25, -0.2) is 0 Å². The summed E-state index contributed by atoms with van der Waals surface area (Å²) in [4.78, 5) is 24.5. The predicted molar refractivity (Wildman–Crippen MR) is 112 cm³/mol. The molecule has 7 heteroatoms. The Kier molecular flexibility index (Phi) is 6.57. The first kappa shape index (κ1) is 20.2. The van der Waals surface area contributed by atoms with Crippen LogP contribution in [0.15, 0.2) is 66.7 Å². The van der Waals surface area contributed by atoms with Crippen molar-refractivity contribution < 1.29 is 14.3 Å². The summed E-state index contributed by atoms with van der Waals surface area (Å²) in [6.45, 7) is -0.133. The molecule has 3 rings (SSSR count). The highest BCUT2D eigenvalue weighted by atomic mass is 35.5. The number of ketones is 1. The average Bonchev–Trinajstić information content (AvgIpc) is 2.69. The van der Waals surface area contributed by atoms with Gasteiger partial charge >= 0.3 is 0 Å². The van der Waals surface area contributed by atoms with E-state index in [-0.39, 0.29) is 18.3 Å². The molecule has 1 N–H and O–H groups in total. The molecule has 0 aliphatic rings. The molecule has 0 spiro atoms. The molecule has 1 amide bonds. The van der Waals surface area contributed by atoms with E-state index in [1.165, 1.54) is 6.07 Å². The van der Waals surface area contributed by atoms with Crippen LogP contribution in [0, 0.1) is 0 Å². The number of amides is 1. The number of benzene rings is 3. The minimum atomic E-state index is -0.340. The minimum Gasteiger partial charge on any atom is -0.485 e. The maximum absolute atomic E-state index is 12.3. The largest absolute Gasteiger partial charge is 0.485 e. The van der Waals surface area contributed by atoms with E-state index < -0.39 is 0 Å². The van der Waals surface area contributed by atoms with Gasteiger partial charge in [-0.3, -0.25) is 9.59 Å². The van der Waals surface area contributed by atoms with Gasteiger partial charge in [0.05, 0.1) is 10.0 Å². The Labute approximate surface area is 177 Å². The van der Waals surface area contributed by atoms with E-state index in [2.05, 4.69) is 5.32 Å². The van der Waals surface area contributed by atoms with Crippen LogP contribution >= 0.6 is 34.8 Å². The molecule has 3 aromatic rings. The van der Waals surface area contributed by atoms with E-state index in [4.69, 9.17) is 39.5 Å². The fourth-order valence-electron chi connectivity index (χ4n) is 2.37. The summed E-state index contributed by atoms with van der Waals surface area (Å²) < 4.78 is 5.54. The number of hydrogen-bond acceptors (Lipinski definition) is 3. The average molecular weight is 435 g/mol. The second kappa shape index (κ2) is 9.11. The third-order valence-electron chi connectivity index (χ3n) is 3.81. The number of halogens is 3. The first-order chi connectivity index (χ1) is 13.4. The highest BCUT2D eigenvalue weighted by molar-refractivity contribution is 6.42.